The lowest BCUT2D eigenvalue weighted by Crippen LogP contribution is -2.28. The lowest BCUT2D eigenvalue weighted by Gasteiger charge is -2.31. The summed E-state index contributed by atoms with van der Waals surface area (Å²) in [5, 5.41) is 4.77. The molecule has 0 saturated carbocycles. The molecule has 1 aliphatic heterocycles. The Labute approximate surface area is 186 Å². The highest BCUT2D eigenvalue weighted by molar-refractivity contribution is 7.97. The number of fused-ring (bicyclic) bond motifs is 1. The molecule has 0 aliphatic carbocycles. The van der Waals surface area contributed by atoms with Crippen molar-refractivity contribution in [3.05, 3.63) is 59.5 Å². The number of hydrogen-bond donors (Lipinski definition) is 2. The average Bonchev–Trinajstić information content (AvgIpc) is 3.21. The van der Waals surface area contributed by atoms with Crippen molar-refractivity contribution < 1.29 is 4.79 Å². The second-order valence-electron chi connectivity index (χ2n) is 7.82. The molecule has 0 radical (unpaired) electrons. The number of piperidine rings is 1. The van der Waals surface area contributed by atoms with E-state index in [0.717, 1.165) is 54.3 Å². The lowest BCUT2D eigenvalue weighted by molar-refractivity contribution is 0.0948. The second kappa shape index (κ2) is 10.3. The SMILES string of the molecule is O=C(NCCCCC1CCN(Sc2ccc(Cl)cc2)CC1)c1cc2cnccc2[nH]1. The summed E-state index contributed by atoms with van der Waals surface area (Å²) in [5.41, 5.74) is 1.54. The van der Waals surface area contributed by atoms with E-state index in [0.29, 0.717) is 5.69 Å². The van der Waals surface area contributed by atoms with Crippen molar-refractivity contribution in [3.63, 3.8) is 0 Å². The largest absolute Gasteiger partial charge is 0.351 e. The fourth-order valence-corrected chi connectivity index (χ4v) is 4.96. The molecule has 0 unspecified atom stereocenters. The number of nitrogens with one attached hydrogen (secondary N) is 2. The molecule has 1 aromatic carbocycles. The quantitative estimate of drug-likeness (QED) is 0.355. The number of aromatic nitrogens is 2. The van der Waals surface area contributed by atoms with Gasteiger partial charge in [-0.3, -0.25) is 9.78 Å². The maximum absolute atomic E-state index is 12.3. The molecule has 1 fully saturated rings. The third-order valence-corrected chi connectivity index (χ3v) is 6.97. The van der Waals surface area contributed by atoms with Crippen LogP contribution in [0.25, 0.3) is 10.9 Å². The van der Waals surface area contributed by atoms with Crippen LogP contribution in [-0.2, 0) is 0 Å². The fraction of sp³-hybridized carbons (Fsp3) is 0.391. The molecular weight excluding hydrogens is 416 g/mol. The summed E-state index contributed by atoms with van der Waals surface area (Å²) >= 11 is 7.79. The van der Waals surface area contributed by atoms with Gasteiger partial charge in [-0.1, -0.05) is 24.4 Å². The van der Waals surface area contributed by atoms with Crippen LogP contribution < -0.4 is 5.32 Å². The predicted molar refractivity (Wildman–Crippen MR) is 124 cm³/mol. The minimum absolute atomic E-state index is 0.0428. The maximum Gasteiger partial charge on any atom is 0.267 e. The van der Waals surface area contributed by atoms with E-state index in [2.05, 4.69) is 31.7 Å². The number of hydrogen-bond acceptors (Lipinski definition) is 4. The van der Waals surface area contributed by atoms with Crippen LogP contribution in [0.2, 0.25) is 5.02 Å². The molecule has 0 spiro atoms. The first kappa shape index (κ1) is 21.2. The van der Waals surface area contributed by atoms with Crippen LogP contribution >= 0.6 is 23.5 Å². The van der Waals surface area contributed by atoms with Crippen LogP contribution in [-0.4, -0.2) is 39.8 Å². The predicted octanol–water partition coefficient (Wildman–Crippen LogP) is 5.54. The fourth-order valence-electron chi connectivity index (χ4n) is 3.88. The Balaban J connectivity index is 1.10. The summed E-state index contributed by atoms with van der Waals surface area (Å²) in [4.78, 5) is 20.8. The molecule has 158 valence electrons. The van der Waals surface area contributed by atoms with E-state index in [4.69, 9.17) is 11.6 Å². The smallest absolute Gasteiger partial charge is 0.267 e. The van der Waals surface area contributed by atoms with Crippen molar-refractivity contribution in [2.75, 3.05) is 19.6 Å². The van der Waals surface area contributed by atoms with E-state index in [1.165, 1.54) is 24.2 Å². The third-order valence-electron chi connectivity index (χ3n) is 5.61. The second-order valence-corrected chi connectivity index (χ2v) is 9.42. The molecule has 5 nitrogen and oxygen atoms in total. The highest BCUT2D eigenvalue weighted by atomic mass is 35.5. The Morgan fingerprint density at radius 2 is 2.00 bits per heavy atom. The molecule has 1 aliphatic rings. The third kappa shape index (κ3) is 5.78. The van der Waals surface area contributed by atoms with Gasteiger partial charge in [-0.05, 0) is 73.5 Å². The molecule has 0 atom stereocenters. The van der Waals surface area contributed by atoms with Gasteiger partial charge in [-0.25, -0.2) is 4.31 Å². The molecule has 7 heteroatoms. The van der Waals surface area contributed by atoms with Gasteiger partial charge in [-0.2, -0.15) is 0 Å². The number of nitrogens with zero attached hydrogens (tertiary/aromatic N) is 2. The highest BCUT2D eigenvalue weighted by Gasteiger charge is 2.19. The van der Waals surface area contributed by atoms with Crippen molar-refractivity contribution in [3.8, 4) is 0 Å². The first-order chi connectivity index (χ1) is 14.7. The zero-order valence-corrected chi connectivity index (χ0v) is 18.5. The van der Waals surface area contributed by atoms with Crippen molar-refractivity contribution in [1.82, 2.24) is 19.6 Å². The monoisotopic (exact) mass is 442 g/mol. The summed E-state index contributed by atoms with van der Waals surface area (Å²) in [6, 6.07) is 11.8. The Morgan fingerprint density at radius 1 is 1.20 bits per heavy atom. The van der Waals surface area contributed by atoms with E-state index >= 15 is 0 Å². The van der Waals surface area contributed by atoms with E-state index in [1.807, 2.05) is 36.2 Å². The topological polar surface area (TPSA) is 61.0 Å². The van der Waals surface area contributed by atoms with Crippen LogP contribution in [0.15, 0.2) is 53.7 Å². The number of benzene rings is 1. The van der Waals surface area contributed by atoms with Gasteiger partial charge in [0.2, 0.25) is 0 Å². The van der Waals surface area contributed by atoms with Crippen molar-refractivity contribution in [2.45, 2.75) is 37.0 Å². The lowest BCUT2D eigenvalue weighted by atomic mass is 9.92. The number of H-pyrrole nitrogens is 1. The Bertz CT molecular complexity index is 934. The van der Waals surface area contributed by atoms with Gasteiger partial charge in [0.1, 0.15) is 5.69 Å². The molecule has 3 heterocycles. The number of aromatic amines is 1. The summed E-state index contributed by atoms with van der Waals surface area (Å²) in [7, 11) is 0. The van der Waals surface area contributed by atoms with Crippen molar-refractivity contribution >= 4 is 40.4 Å². The minimum atomic E-state index is -0.0428. The Morgan fingerprint density at radius 3 is 2.77 bits per heavy atom. The Hall–Kier alpha value is -2.02. The number of carbonyl (C=O) groups excluding carboxylic acids is 1. The van der Waals surface area contributed by atoms with Gasteiger partial charge in [0.05, 0.1) is 0 Å². The highest BCUT2D eigenvalue weighted by Crippen LogP contribution is 2.30. The molecule has 1 saturated heterocycles. The first-order valence-electron chi connectivity index (χ1n) is 10.6. The van der Waals surface area contributed by atoms with Gasteiger partial charge in [0, 0.05) is 52.8 Å². The van der Waals surface area contributed by atoms with Gasteiger partial charge < -0.3 is 10.3 Å². The van der Waals surface area contributed by atoms with Gasteiger partial charge >= 0.3 is 0 Å². The van der Waals surface area contributed by atoms with Crippen LogP contribution in [0.3, 0.4) is 0 Å². The maximum atomic E-state index is 12.3. The zero-order chi connectivity index (χ0) is 20.8. The minimum Gasteiger partial charge on any atom is -0.351 e. The van der Waals surface area contributed by atoms with E-state index < -0.39 is 0 Å². The Kier molecular flexibility index (Phi) is 7.31. The molecule has 2 N–H and O–H groups in total. The molecule has 2 aromatic heterocycles. The van der Waals surface area contributed by atoms with E-state index in [9.17, 15) is 4.79 Å². The molecule has 30 heavy (non-hydrogen) atoms. The molecule has 1 amide bonds. The number of unbranched alkanes of at least 4 members (excludes halogenated alkanes) is 1. The van der Waals surface area contributed by atoms with Gasteiger partial charge in [0.25, 0.3) is 5.91 Å². The number of rotatable bonds is 8. The normalized spacial score (nSPS) is 15.5. The molecule has 4 rings (SSSR count). The van der Waals surface area contributed by atoms with Crippen molar-refractivity contribution in [1.29, 1.82) is 0 Å². The van der Waals surface area contributed by atoms with E-state index in [1.54, 1.807) is 12.4 Å². The molecular formula is C23H27ClN4OS. The van der Waals surface area contributed by atoms with Crippen LogP contribution in [0.1, 0.15) is 42.6 Å². The molecule has 3 aromatic rings. The van der Waals surface area contributed by atoms with Crippen LogP contribution in [0.4, 0.5) is 0 Å². The first-order valence-corrected chi connectivity index (χ1v) is 11.7. The molecule has 0 bridgehead atoms. The van der Waals surface area contributed by atoms with Crippen LogP contribution in [0, 0.1) is 5.92 Å². The number of carbonyl (C=O) groups is 1. The number of amides is 1. The van der Waals surface area contributed by atoms with Crippen molar-refractivity contribution in [2.24, 2.45) is 5.92 Å². The summed E-state index contributed by atoms with van der Waals surface area (Å²) in [5.74, 6) is 0.753. The summed E-state index contributed by atoms with van der Waals surface area (Å²) in [6.07, 6.45) is 9.40. The summed E-state index contributed by atoms with van der Waals surface area (Å²) in [6.45, 7) is 2.98. The summed E-state index contributed by atoms with van der Waals surface area (Å²) < 4.78 is 2.45. The average molecular weight is 443 g/mol. The van der Waals surface area contributed by atoms with E-state index in [-0.39, 0.29) is 5.91 Å². The van der Waals surface area contributed by atoms with Gasteiger partial charge in [0.15, 0.2) is 0 Å². The number of pyridine rings is 1. The zero-order valence-electron chi connectivity index (χ0n) is 16.9. The number of halogens is 1. The standard InChI is InChI=1S/C23H27ClN4OS/c24-19-4-6-20(7-5-19)30-28-13-9-17(10-14-28)3-1-2-11-26-23(29)22-15-18-16-25-12-8-21(18)27-22/h4-8,12,15-17,27H,1-3,9-11,13-14H2,(H,26,29). The van der Waals surface area contributed by atoms with Crippen LogP contribution in [0.5, 0.6) is 0 Å². The van der Waals surface area contributed by atoms with Gasteiger partial charge in [-0.15, -0.1) is 0 Å².